The highest BCUT2D eigenvalue weighted by Gasteiger charge is 2.33. The number of pyridine rings is 1. The van der Waals surface area contributed by atoms with Gasteiger partial charge in [0.05, 0.1) is 35.5 Å². The number of rotatable bonds is 2. The van der Waals surface area contributed by atoms with Gasteiger partial charge >= 0.3 is 6.18 Å². The molecule has 2 saturated heterocycles. The van der Waals surface area contributed by atoms with Gasteiger partial charge in [0.25, 0.3) is 0 Å². The van der Waals surface area contributed by atoms with Crippen LogP contribution in [0.1, 0.15) is 49.5 Å². The molecule has 2 aliphatic rings. The highest BCUT2D eigenvalue weighted by Crippen LogP contribution is 2.39. The van der Waals surface area contributed by atoms with Gasteiger partial charge in [0.15, 0.2) is 0 Å². The molecule has 3 aromatic rings. The fourth-order valence-corrected chi connectivity index (χ4v) is 4.58. The topological polar surface area (TPSA) is 49.2 Å². The first-order valence-corrected chi connectivity index (χ1v) is 9.99. The predicted octanol–water partition coefficient (Wildman–Crippen LogP) is 4.85. The number of alkyl halides is 3. The maximum Gasteiger partial charge on any atom is 0.416 e. The van der Waals surface area contributed by atoms with Crippen LogP contribution in [0.25, 0.3) is 21.9 Å². The van der Waals surface area contributed by atoms with Crippen molar-refractivity contribution in [1.29, 1.82) is 0 Å². The second-order valence-corrected chi connectivity index (χ2v) is 7.98. The molecule has 2 aromatic heterocycles. The van der Waals surface area contributed by atoms with Crippen LogP contribution in [0.15, 0.2) is 24.4 Å². The number of fused-ring (bicyclic) bond motifs is 3. The van der Waals surface area contributed by atoms with Gasteiger partial charge in [-0.25, -0.2) is 4.98 Å². The highest BCUT2D eigenvalue weighted by molar-refractivity contribution is 6.02. The third-order valence-electron chi connectivity index (χ3n) is 5.99. The summed E-state index contributed by atoms with van der Waals surface area (Å²) in [6.07, 6.45) is -0.174. The molecule has 2 fully saturated rings. The maximum atomic E-state index is 13.4. The number of nitrogens with zero attached hydrogens (tertiary/aromatic N) is 3. The molecule has 154 valence electrons. The van der Waals surface area contributed by atoms with Crippen molar-refractivity contribution >= 4 is 21.9 Å². The van der Waals surface area contributed by atoms with Gasteiger partial charge in [-0.2, -0.15) is 13.2 Å². The van der Waals surface area contributed by atoms with Gasteiger partial charge < -0.3 is 14.0 Å². The Balaban J connectivity index is 1.78. The first-order chi connectivity index (χ1) is 13.9. The summed E-state index contributed by atoms with van der Waals surface area (Å²) in [5.74, 6) is 1.03. The monoisotopic (exact) mass is 405 g/mol. The van der Waals surface area contributed by atoms with E-state index in [1.165, 1.54) is 12.1 Å². The van der Waals surface area contributed by atoms with E-state index in [1.807, 2.05) is 6.92 Å². The fourth-order valence-electron chi connectivity index (χ4n) is 4.58. The Morgan fingerprint density at radius 2 is 2.00 bits per heavy atom. The molecule has 0 spiro atoms. The smallest absolute Gasteiger partial charge is 0.381 e. The number of aromatic nitrogens is 3. The lowest BCUT2D eigenvalue weighted by Gasteiger charge is -2.31. The lowest BCUT2D eigenvalue weighted by Crippen LogP contribution is -2.27. The first kappa shape index (κ1) is 18.8. The third kappa shape index (κ3) is 3.28. The Bertz CT molecular complexity index is 1060. The van der Waals surface area contributed by atoms with E-state index in [0.29, 0.717) is 36.2 Å². The molecule has 0 amide bonds. The standard InChI is InChI=1S/C21H22F3N3O2/c1-12-8-15(5-7-29-12)27-19-16-9-14(21(22,23)24)2-3-17(16)25-10-18(19)26-20(27)13-4-6-28-11-13/h2-3,9-10,12-13,15H,4-8,11H2,1H3/t12-,13?,15?/m1/s1. The quantitative estimate of drug-likeness (QED) is 0.612. The van der Waals surface area contributed by atoms with Crippen LogP contribution >= 0.6 is 0 Å². The summed E-state index contributed by atoms with van der Waals surface area (Å²) in [7, 11) is 0. The van der Waals surface area contributed by atoms with Crippen molar-refractivity contribution in [3.8, 4) is 0 Å². The number of hydrogen-bond acceptors (Lipinski definition) is 4. The zero-order chi connectivity index (χ0) is 20.2. The zero-order valence-corrected chi connectivity index (χ0v) is 16.1. The maximum absolute atomic E-state index is 13.4. The first-order valence-electron chi connectivity index (χ1n) is 9.99. The summed E-state index contributed by atoms with van der Waals surface area (Å²) in [6.45, 7) is 3.92. The van der Waals surface area contributed by atoms with Crippen molar-refractivity contribution in [2.75, 3.05) is 19.8 Å². The van der Waals surface area contributed by atoms with Crippen molar-refractivity contribution < 1.29 is 22.6 Å². The van der Waals surface area contributed by atoms with Gasteiger partial charge in [-0.3, -0.25) is 4.98 Å². The van der Waals surface area contributed by atoms with Gasteiger partial charge in [0.1, 0.15) is 11.3 Å². The molecule has 5 rings (SSSR count). The van der Waals surface area contributed by atoms with Crippen molar-refractivity contribution in [2.24, 2.45) is 0 Å². The molecule has 2 unspecified atom stereocenters. The summed E-state index contributed by atoms with van der Waals surface area (Å²) in [5, 5.41) is 0.495. The summed E-state index contributed by atoms with van der Waals surface area (Å²) in [5.41, 5.74) is 1.25. The normalized spacial score (nSPS) is 25.9. The average molecular weight is 405 g/mol. The van der Waals surface area contributed by atoms with E-state index >= 15 is 0 Å². The number of benzene rings is 1. The van der Waals surface area contributed by atoms with E-state index in [0.717, 1.165) is 36.7 Å². The molecule has 0 bridgehead atoms. The highest BCUT2D eigenvalue weighted by atomic mass is 19.4. The molecular formula is C21H22F3N3O2. The van der Waals surface area contributed by atoms with Crippen LogP contribution in [-0.4, -0.2) is 40.5 Å². The Hall–Kier alpha value is -2.19. The van der Waals surface area contributed by atoms with Crippen LogP contribution in [0.3, 0.4) is 0 Å². The van der Waals surface area contributed by atoms with Crippen LogP contribution in [0.5, 0.6) is 0 Å². The van der Waals surface area contributed by atoms with E-state index < -0.39 is 11.7 Å². The molecular weight excluding hydrogens is 383 g/mol. The van der Waals surface area contributed by atoms with Crippen LogP contribution in [0.2, 0.25) is 0 Å². The molecule has 3 atom stereocenters. The van der Waals surface area contributed by atoms with Crippen molar-refractivity contribution in [2.45, 2.75) is 50.4 Å². The molecule has 0 radical (unpaired) electrons. The summed E-state index contributed by atoms with van der Waals surface area (Å²) >= 11 is 0. The second kappa shape index (κ2) is 6.95. The molecule has 2 aliphatic heterocycles. The minimum atomic E-state index is -4.41. The molecule has 8 heteroatoms. The Labute approximate surface area is 165 Å². The third-order valence-corrected chi connectivity index (χ3v) is 5.99. The molecule has 29 heavy (non-hydrogen) atoms. The van der Waals surface area contributed by atoms with E-state index in [4.69, 9.17) is 14.5 Å². The Morgan fingerprint density at radius 3 is 2.72 bits per heavy atom. The van der Waals surface area contributed by atoms with Crippen molar-refractivity contribution in [1.82, 2.24) is 14.5 Å². The van der Waals surface area contributed by atoms with E-state index in [1.54, 1.807) is 6.20 Å². The lowest BCUT2D eigenvalue weighted by molar-refractivity contribution is -0.137. The molecule has 4 heterocycles. The fraction of sp³-hybridized carbons (Fsp3) is 0.524. The largest absolute Gasteiger partial charge is 0.416 e. The predicted molar refractivity (Wildman–Crippen MR) is 102 cm³/mol. The summed E-state index contributed by atoms with van der Waals surface area (Å²) in [4.78, 5) is 9.21. The number of hydrogen-bond donors (Lipinski definition) is 0. The van der Waals surface area contributed by atoms with Gasteiger partial charge in [0, 0.05) is 30.6 Å². The number of halogens is 3. The number of ether oxygens (including phenoxy) is 2. The van der Waals surface area contributed by atoms with Crippen LogP contribution in [0.4, 0.5) is 13.2 Å². The van der Waals surface area contributed by atoms with Crippen LogP contribution in [-0.2, 0) is 15.7 Å². The molecule has 0 aliphatic carbocycles. The molecule has 1 aromatic carbocycles. The molecule has 0 saturated carbocycles. The van der Waals surface area contributed by atoms with Gasteiger partial charge in [0.2, 0.25) is 0 Å². The van der Waals surface area contributed by atoms with Crippen LogP contribution in [0, 0.1) is 0 Å². The van der Waals surface area contributed by atoms with Crippen molar-refractivity contribution in [3.05, 3.63) is 35.8 Å². The van der Waals surface area contributed by atoms with E-state index in [-0.39, 0.29) is 18.1 Å². The van der Waals surface area contributed by atoms with E-state index in [2.05, 4.69) is 9.55 Å². The van der Waals surface area contributed by atoms with Gasteiger partial charge in [-0.15, -0.1) is 0 Å². The lowest BCUT2D eigenvalue weighted by atomic mass is 10.0. The zero-order valence-electron chi connectivity index (χ0n) is 16.1. The van der Waals surface area contributed by atoms with Gasteiger partial charge in [-0.05, 0) is 44.4 Å². The average Bonchev–Trinajstić information content (AvgIpc) is 3.34. The van der Waals surface area contributed by atoms with Crippen LogP contribution < -0.4 is 0 Å². The molecule has 0 N–H and O–H groups in total. The Kier molecular flexibility index (Phi) is 4.51. The SMILES string of the molecule is C[C@@H]1CC(n2c(C3CCOC3)nc3cnc4ccc(C(F)(F)F)cc4c32)CCO1. The number of imidazole rings is 1. The Morgan fingerprint density at radius 1 is 1.14 bits per heavy atom. The second-order valence-electron chi connectivity index (χ2n) is 7.98. The summed E-state index contributed by atoms with van der Waals surface area (Å²) < 4.78 is 53.7. The molecule has 5 nitrogen and oxygen atoms in total. The van der Waals surface area contributed by atoms with Gasteiger partial charge in [-0.1, -0.05) is 0 Å². The minimum Gasteiger partial charge on any atom is -0.381 e. The van der Waals surface area contributed by atoms with Crippen molar-refractivity contribution in [3.63, 3.8) is 0 Å². The minimum absolute atomic E-state index is 0.0951. The van der Waals surface area contributed by atoms with E-state index in [9.17, 15) is 13.2 Å². The summed E-state index contributed by atoms with van der Waals surface area (Å²) in [6, 6.07) is 3.87.